The molecule has 0 spiro atoms. The Balaban J connectivity index is 2.31. The number of aromatic nitrogens is 1. The second-order valence-corrected chi connectivity index (χ2v) is 4.21. The third-order valence-corrected chi connectivity index (χ3v) is 2.94. The van der Waals surface area contributed by atoms with Crippen LogP contribution in [-0.4, -0.2) is 11.3 Å². The molecule has 2 nitrogen and oxygen atoms in total. The molecule has 2 rings (SSSR count). The lowest BCUT2D eigenvalue weighted by atomic mass is 10.1. The van der Waals surface area contributed by atoms with Gasteiger partial charge in [0, 0.05) is 5.69 Å². The second-order valence-electron chi connectivity index (χ2n) is 4.21. The van der Waals surface area contributed by atoms with Gasteiger partial charge in [0.15, 0.2) is 6.29 Å². The van der Waals surface area contributed by atoms with Crippen LogP contribution in [0.15, 0.2) is 36.4 Å². The lowest BCUT2D eigenvalue weighted by Gasteiger charge is -1.95. The second kappa shape index (κ2) is 5.48. The number of nitrogens with one attached hydrogen (secondary N) is 1. The van der Waals surface area contributed by atoms with E-state index < -0.39 is 0 Å². The molecule has 0 aliphatic heterocycles. The Kier molecular flexibility index (Phi) is 3.76. The average Bonchev–Trinajstić information content (AvgIpc) is 2.80. The van der Waals surface area contributed by atoms with Gasteiger partial charge < -0.3 is 4.98 Å². The highest BCUT2D eigenvalue weighted by Crippen LogP contribution is 2.22. The van der Waals surface area contributed by atoms with E-state index >= 15 is 0 Å². The van der Waals surface area contributed by atoms with Crippen LogP contribution >= 0.6 is 0 Å². The fourth-order valence-corrected chi connectivity index (χ4v) is 1.97. The summed E-state index contributed by atoms with van der Waals surface area (Å²) in [7, 11) is 0. The third kappa shape index (κ3) is 2.64. The molecular weight excluding hydrogens is 210 g/mol. The minimum atomic E-state index is 0.720. The first kappa shape index (κ1) is 11.6. The molecule has 0 radical (unpaired) electrons. The van der Waals surface area contributed by atoms with Gasteiger partial charge in [0.25, 0.3) is 0 Å². The summed E-state index contributed by atoms with van der Waals surface area (Å²) in [5, 5.41) is 0. The van der Waals surface area contributed by atoms with Crippen LogP contribution in [0.2, 0.25) is 0 Å². The number of benzene rings is 1. The van der Waals surface area contributed by atoms with Crippen molar-refractivity contribution < 1.29 is 4.79 Å². The topological polar surface area (TPSA) is 32.9 Å². The number of aldehydes is 1. The van der Waals surface area contributed by atoms with Crippen LogP contribution in [0.3, 0.4) is 0 Å². The Morgan fingerprint density at radius 2 is 2.00 bits per heavy atom. The zero-order valence-corrected chi connectivity index (χ0v) is 10.1. The molecule has 1 aromatic carbocycles. The largest absolute Gasteiger partial charge is 0.352 e. The SMILES string of the molecule is CCCCc1cc(-c2ccccc2)[nH]c1C=O. The minimum Gasteiger partial charge on any atom is -0.352 e. The van der Waals surface area contributed by atoms with E-state index in [1.807, 2.05) is 30.3 Å². The van der Waals surface area contributed by atoms with Gasteiger partial charge in [-0.2, -0.15) is 0 Å². The van der Waals surface area contributed by atoms with E-state index in [0.29, 0.717) is 0 Å². The summed E-state index contributed by atoms with van der Waals surface area (Å²) in [5.41, 5.74) is 4.00. The first-order valence-electron chi connectivity index (χ1n) is 6.07. The number of carbonyl (C=O) groups is 1. The molecule has 88 valence electrons. The molecule has 1 N–H and O–H groups in total. The maximum atomic E-state index is 11.0. The number of aromatic amines is 1. The van der Waals surface area contributed by atoms with E-state index in [2.05, 4.69) is 18.0 Å². The van der Waals surface area contributed by atoms with E-state index in [-0.39, 0.29) is 0 Å². The van der Waals surface area contributed by atoms with Crippen molar-refractivity contribution in [2.24, 2.45) is 0 Å². The molecule has 1 aromatic heterocycles. The fraction of sp³-hybridized carbons (Fsp3) is 0.267. The van der Waals surface area contributed by atoms with Crippen molar-refractivity contribution in [1.29, 1.82) is 0 Å². The van der Waals surface area contributed by atoms with Crippen molar-refractivity contribution in [3.63, 3.8) is 0 Å². The Labute approximate surface area is 102 Å². The molecule has 2 aromatic rings. The summed E-state index contributed by atoms with van der Waals surface area (Å²) in [6, 6.07) is 12.2. The van der Waals surface area contributed by atoms with Gasteiger partial charge in [-0.3, -0.25) is 4.79 Å². The highest BCUT2D eigenvalue weighted by atomic mass is 16.1. The molecule has 0 saturated carbocycles. The minimum absolute atomic E-state index is 0.720. The Hall–Kier alpha value is -1.83. The number of carbonyl (C=O) groups excluding carboxylic acids is 1. The van der Waals surface area contributed by atoms with Crippen LogP contribution in [0.1, 0.15) is 35.8 Å². The van der Waals surface area contributed by atoms with Crippen LogP contribution in [0.25, 0.3) is 11.3 Å². The number of hydrogen-bond acceptors (Lipinski definition) is 1. The number of hydrogen-bond donors (Lipinski definition) is 1. The zero-order valence-electron chi connectivity index (χ0n) is 10.1. The Bertz CT molecular complexity index is 485. The van der Waals surface area contributed by atoms with Crippen LogP contribution in [0.4, 0.5) is 0 Å². The van der Waals surface area contributed by atoms with Gasteiger partial charge in [-0.15, -0.1) is 0 Å². The molecule has 0 aliphatic rings. The summed E-state index contributed by atoms with van der Waals surface area (Å²) >= 11 is 0. The summed E-state index contributed by atoms with van der Waals surface area (Å²) in [4.78, 5) is 14.2. The van der Waals surface area contributed by atoms with Crippen molar-refractivity contribution in [3.8, 4) is 11.3 Å². The van der Waals surface area contributed by atoms with Crippen molar-refractivity contribution in [2.45, 2.75) is 26.2 Å². The maximum Gasteiger partial charge on any atom is 0.166 e. The molecule has 0 bridgehead atoms. The standard InChI is InChI=1S/C15H17NO/c1-2-3-7-13-10-14(16-15(13)11-17)12-8-5-4-6-9-12/h4-6,8-11,16H,2-3,7H2,1H3. The van der Waals surface area contributed by atoms with Crippen molar-refractivity contribution in [3.05, 3.63) is 47.7 Å². The fourth-order valence-electron chi connectivity index (χ4n) is 1.97. The Morgan fingerprint density at radius 1 is 1.24 bits per heavy atom. The van der Waals surface area contributed by atoms with Gasteiger partial charge in [-0.25, -0.2) is 0 Å². The van der Waals surface area contributed by atoms with Crippen LogP contribution in [-0.2, 0) is 6.42 Å². The van der Waals surface area contributed by atoms with Gasteiger partial charge in [0.2, 0.25) is 0 Å². The highest BCUT2D eigenvalue weighted by Gasteiger charge is 2.08. The lowest BCUT2D eigenvalue weighted by Crippen LogP contribution is -1.88. The van der Waals surface area contributed by atoms with Crippen molar-refractivity contribution in [1.82, 2.24) is 4.98 Å². The summed E-state index contributed by atoms with van der Waals surface area (Å²) in [6.07, 6.45) is 4.14. The molecule has 0 aliphatic carbocycles. The summed E-state index contributed by atoms with van der Waals surface area (Å²) in [6.45, 7) is 2.16. The molecular formula is C15H17NO. The van der Waals surface area contributed by atoms with Gasteiger partial charge in [0.1, 0.15) is 0 Å². The number of rotatable bonds is 5. The van der Waals surface area contributed by atoms with Gasteiger partial charge in [-0.1, -0.05) is 43.7 Å². The normalized spacial score (nSPS) is 10.4. The predicted octanol–water partition coefficient (Wildman–Crippen LogP) is 3.84. The smallest absolute Gasteiger partial charge is 0.166 e. The molecule has 1 heterocycles. The van der Waals surface area contributed by atoms with Crippen LogP contribution in [0, 0.1) is 0 Å². The third-order valence-electron chi connectivity index (χ3n) is 2.94. The quantitative estimate of drug-likeness (QED) is 0.773. The van der Waals surface area contributed by atoms with Crippen molar-refractivity contribution in [2.75, 3.05) is 0 Å². The van der Waals surface area contributed by atoms with Gasteiger partial charge in [-0.05, 0) is 30.0 Å². The van der Waals surface area contributed by atoms with E-state index in [0.717, 1.165) is 48.1 Å². The van der Waals surface area contributed by atoms with Crippen molar-refractivity contribution >= 4 is 6.29 Å². The summed E-state index contributed by atoms with van der Waals surface area (Å²) < 4.78 is 0. The zero-order chi connectivity index (χ0) is 12.1. The molecule has 2 heteroatoms. The number of aryl methyl sites for hydroxylation is 1. The van der Waals surface area contributed by atoms with Gasteiger partial charge >= 0.3 is 0 Å². The van der Waals surface area contributed by atoms with E-state index in [1.165, 1.54) is 0 Å². The molecule has 0 atom stereocenters. The molecule has 0 fully saturated rings. The first-order valence-corrected chi connectivity index (χ1v) is 6.07. The molecule has 0 unspecified atom stereocenters. The maximum absolute atomic E-state index is 11.0. The summed E-state index contributed by atoms with van der Waals surface area (Å²) in [5.74, 6) is 0. The molecule has 0 saturated heterocycles. The molecule has 0 amide bonds. The monoisotopic (exact) mass is 227 g/mol. The predicted molar refractivity (Wildman–Crippen MR) is 70.2 cm³/mol. The van der Waals surface area contributed by atoms with Crippen LogP contribution in [0.5, 0.6) is 0 Å². The van der Waals surface area contributed by atoms with E-state index in [9.17, 15) is 4.79 Å². The first-order chi connectivity index (χ1) is 8.35. The lowest BCUT2D eigenvalue weighted by molar-refractivity contribution is 0.111. The highest BCUT2D eigenvalue weighted by molar-refractivity contribution is 5.78. The van der Waals surface area contributed by atoms with E-state index in [1.54, 1.807) is 0 Å². The number of unbranched alkanes of at least 4 members (excludes halogenated alkanes) is 1. The van der Waals surface area contributed by atoms with E-state index in [4.69, 9.17) is 0 Å². The molecule has 17 heavy (non-hydrogen) atoms. The van der Waals surface area contributed by atoms with Crippen LogP contribution < -0.4 is 0 Å². The Morgan fingerprint density at radius 3 is 2.65 bits per heavy atom. The average molecular weight is 227 g/mol. The number of H-pyrrole nitrogens is 1. The van der Waals surface area contributed by atoms with Gasteiger partial charge in [0.05, 0.1) is 5.69 Å².